The highest BCUT2D eigenvalue weighted by Gasteiger charge is 2.16. The third-order valence-corrected chi connectivity index (χ3v) is 5.80. The van der Waals surface area contributed by atoms with Crippen LogP contribution in [-0.2, 0) is 11.3 Å². The van der Waals surface area contributed by atoms with Crippen molar-refractivity contribution in [3.63, 3.8) is 0 Å². The number of allylic oxidation sites excluding steroid dienone is 2. The molecule has 0 aliphatic heterocycles. The standard InChI is InChI=1S/C23H32O2/c1-18-15-20(16-24)9-10-21(18)13-14-25-17-19-7-11-23(12-8-19)22-5-3-2-4-6-22/h7-12,18,22,24H,2-6,13-17H2,1H3. The fourth-order valence-corrected chi connectivity index (χ4v) is 4.13. The van der Waals surface area contributed by atoms with Crippen molar-refractivity contribution in [2.75, 3.05) is 13.2 Å². The molecule has 2 aliphatic rings. The highest BCUT2D eigenvalue weighted by Crippen LogP contribution is 2.32. The molecule has 0 bridgehead atoms. The third kappa shape index (κ3) is 5.29. The molecule has 1 aromatic rings. The van der Waals surface area contributed by atoms with Crippen molar-refractivity contribution in [3.05, 3.63) is 58.7 Å². The summed E-state index contributed by atoms with van der Waals surface area (Å²) < 4.78 is 5.90. The van der Waals surface area contributed by atoms with Crippen LogP contribution in [0.15, 0.2) is 47.6 Å². The summed E-state index contributed by atoms with van der Waals surface area (Å²) in [4.78, 5) is 0. The molecule has 1 atom stereocenters. The van der Waals surface area contributed by atoms with Crippen molar-refractivity contribution in [2.45, 2.75) is 64.4 Å². The predicted octanol–water partition coefficient (Wildman–Crippen LogP) is 5.53. The molecule has 2 heteroatoms. The summed E-state index contributed by atoms with van der Waals surface area (Å²) in [6.07, 6.45) is 13.1. The SMILES string of the molecule is CC1CC(CO)=CC=C1CCOCc1ccc(C2CCCCC2)cc1. The summed E-state index contributed by atoms with van der Waals surface area (Å²) in [7, 11) is 0. The number of hydrogen-bond acceptors (Lipinski definition) is 2. The van der Waals surface area contributed by atoms with E-state index in [0.717, 1.165) is 30.9 Å². The fourth-order valence-electron chi connectivity index (χ4n) is 4.13. The summed E-state index contributed by atoms with van der Waals surface area (Å²) in [6, 6.07) is 9.09. The average molecular weight is 341 g/mol. The van der Waals surface area contributed by atoms with E-state index in [4.69, 9.17) is 4.74 Å². The van der Waals surface area contributed by atoms with E-state index in [-0.39, 0.29) is 6.61 Å². The van der Waals surface area contributed by atoms with Crippen LogP contribution in [0.3, 0.4) is 0 Å². The fraction of sp³-hybridized carbons (Fsp3) is 0.565. The van der Waals surface area contributed by atoms with Crippen molar-refractivity contribution in [3.8, 4) is 0 Å². The second kappa shape index (κ2) is 9.35. The number of hydrogen-bond donors (Lipinski definition) is 1. The Kier molecular flexibility index (Phi) is 6.89. The van der Waals surface area contributed by atoms with E-state index in [2.05, 4.69) is 43.3 Å². The lowest BCUT2D eigenvalue weighted by Crippen LogP contribution is -2.09. The van der Waals surface area contributed by atoms with Gasteiger partial charge in [0, 0.05) is 0 Å². The summed E-state index contributed by atoms with van der Waals surface area (Å²) in [5, 5.41) is 9.22. The normalized spacial score (nSPS) is 21.8. The Morgan fingerprint density at radius 2 is 1.80 bits per heavy atom. The smallest absolute Gasteiger partial charge is 0.0717 e. The van der Waals surface area contributed by atoms with Gasteiger partial charge in [0.1, 0.15) is 0 Å². The van der Waals surface area contributed by atoms with Crippen LogP contribution in [0, 0.1) is 5.92 Å². The van der Waals surface area contributed by atoms with Crippen LogP contribution < -0.4 is 0 Å². The van der Waals surface area contributed by atoms with E-state index in [1.165, 1.54) is 48.8 Å². The molecule has 1 N–H and O–H groups in total. The minimum atomic E-state index is 0.182. The second-order valence-electron chi connectivity index (χ2n) is 7.71. The Morgan fingerprint density at radius 3 is 2.48 bits per heavy atom. The van der Waals surface area contributed by atoms with Crippen molar-refractivity contribution in [1.82, 2.24) is 0 Å². The van der Waals surface area contributed by atoms with E-state index in [1.54, 1.807) is 0 Å². The zero-order valence-corrected chi connectivity index (χ0v) is 15.5. The van der Waals surface area contributed by atoms with Crippen LogP contribution in [0.1, 0.15) is 68.9 Å². The number of benzene rings is 1. The second-order valence-corrected chi connectivity index (χ2v) is 7.71. The van der Waals surface area contributed by atoms with E-state index in [9.17, 15) is 5.11 Å². The summed E-state index contributed by atoms with van der Waals surface area (Å²) in [5.74, 6) is 1.30. The first-order chi connectivity index (χ1) is 12.3. The molecule has 0 heterocycles. The molecule has 1 unspecified atom stereocenters. The number of ether oxygens (including phenoxy) is 1. The molecule has 0 spiro atoms. The van der Waals surface area contributed by atoms with Gasteiger partial charge in [-0.1, -0.05) is 68.2 Å². The summed E-state index contributed by atoms with van der Waals surface area (Å²) in [5.41, 5.74) is 5.35. The van der Waals surface area contributed by atoms with Gasteiger partial charge in [-0.25, -0.2) is 0 Å². The van der Waals surface area contributed by atoms with Gasteiger partial charge in [-0.05, 0) is 54.2 Å². The summed E-state index contributed by atoms with van der Waals surface area (Å²) >= 11 is 0. The van der Waals surface area contributed by atoms with Gasteiger partial charge in [-0.2, -0.15) is 0 Å². The van der Waals surface area contributed by atoms with Gasteiger partial charge < -0.3 is 9.84 Å². The molecule has 1 saturated carbocycles. The topological polar surface area (TPSA) is 29.5 Å². The number of rotatable bonds is 7. The Morgan fingerprint density at radius 1 is 1.04 bits per heavy atom. The van der Waals surface area contributed by atoms with Crippen LogP contribution in [0.4, 0.5) is 0 Å². The maximum absolute atomic E-state index is 9.22. The number of aliphatic hydroxyl groups is 1. The molecule has 1 fully saturated rings. The molecule has 0 saturated heterocycles. The van der Waals surface area contributed by atoms with E-state index in [1.807, 2.05) is 0 Å². The molecule has 2 nitrogen and oxygen atoms in total. The van der Waals surface area contributed by atoms with Gasteiger partial charge in [-0.3, -0.25) is 0 Å². The molecular weight excluding hydrogens is 308 g/mol. The zero-order valence-electron chi connectivity index (χ0n) is 15.5. The van der Waals surface area contributed by atoms with Gasteiger partial charge in [-0.15, -0.1) is 0 Å². The Labute approximate surface area is 152 Å². The Bertz CT molecular complexity index is 591. The van der Waals surface area contributed by atoms with Crippen LogP contribution in [0.25, 0.3) is 0 Å². The molecule has 25 heavy (non-hydrogen) atoms. The van der Waals surface area contributed by atoms with Gasteiger partial charge >= 0.3 is 0 Å². The Balaban J connectivity index is 1.42. The van der Waals surface area contributed by atoms with Crippen LogP contribution >= 0.6 is 0 Å². The van der Waals surface area contributed by atoms with Crippen LogP contribution in [-0.4, -0.2) is 18.3 Å². The summed E-state index contributed by atoms with van der Waals surface area (Å²) in [6.45, 7) is 3.88. The van der Waals surface area contributed by atoms with Crippen molar-refractivity contribution in [2.24, 2.45) is 5.92 Å². The van der Waals surface area contributed by atoms with E-state index in [0.29, 0.717) is 12.5 Å². The first-order valence-corrected chi connectivity index (χ1v) is 9.92. The third-order valence-electron chi connectivity index (χ3n) is 5.80. The first-order valence-electron chi connectivity index (χ1n) is 9.92. The molecule has 1 aromatic carbocycles. The number of aliphatic hydroxyl groups excluding tert-OH is 1. The molecule has 0 aromatic heterocycles. The average Bonchev–Trinajstić information content (AvgIpc) is 2.67. The lowest BCUT2D eigenvalue weighted by molar-refractivity contribution is 0.122. The monoisotopic (exact) mass is 340 g/mol. The van der Waals surface area contributed by atoms with Crippen molar-refractivity contribution in [1.29, 1.82) is 0 Å². The molecule has 0 amide bonds. The van der Waals surface area contributed by atoms with Crippen LogP contribution in [0.5, 0.6) is 0 Å². The maximum Gasteiger partial charge on any atom is 0.0717 e. The van der Waals surface area contributed by atoms with Gasteiger partial charge in [0.25, 0.3) is 0 Å². The molecule has 136 valence electrons. The van der Waals surface area contributed by atoms with Crippen LogP contribution in [0.2, 0.25) is 0 Å². The molecule has 3 rings (SSSR count). The van der Waals surface area contributed by atoms with Gasteiger partial charge in [0.15, 0.2) is 0 Å². The molecule has 2 aliphatic carbocycles. The Hall–Kier alpha value is -1.38. The molecular formula is C23H32O2. The van der Waals surface area contributed by atoms with Crippen molar-refractivity contribution < 1.29 is 9.84 Å². The largest absolute Gasteiger partial charge is 0.392 e. The quantitative estimate of drug-likeness (QED) is 0.662. The highest BCUT2D eigenvalue weighted by molar-refractivity contribution is 5.27. The highest BCUT2D eigenvalue weighted by atomic mass is 16.5. The van der Waals surface area contributed by atoms with Gasteiger partial charge in [0.05, 0.1) is 19.8 Å². The van der Waals surface area contributed by atoms with Crippen molar-refractivity contribution >= 4 is 0 Å². The first kappa shape index (κ1) is 18.4. The lowest BCUT2D eigenvalue weighted by Gasteiger charge is -2.22. The van der Waals surface area contributed by atoms with E-state index < -0.39 is 0 Å². The lowest BCUT2D eigenvalue weighted by atomic mass is 9.84. The minimum Gasteiger partial charge on any atom is -0.392 e. The van der Waals surface area contributed by atoms with E-state index >= 15 is 0 Å². The minimum absolute atomic E-state index is 0.182. The van der Waals surface area contributed by atoms with Gasteiger partial charge in [0.2, 0.25) is 0 Å². The zero-order chi connectivity index (χ0) is 17.5. The predicted molar refractivity (Wildman–Crippen MR) is 104 cm³/mol. The molecule has 0 radical (unpaired) electrons. The maximum atomic E-state index is 9.22.